The number of hydrogen-bond donors (Lipinski definition) is 2. The number of nitrogens with one attached hydrogen (secondary N) is 2. The highest BCUT2D eigenvalue weighted by atomic mass is 35.5. The Kier molecular flexibility index (Phi) is 6.11. The van der Waals surface area contributed by atoms with Crippen molar-refractivity contribution in [1.29, 1.82) is 0 Å². The zero-order valence-electron chi connectivity index (χ0n) is 14.5. The average molecular weight is 401 g/mol. The monoisotopic (exact) mass is 400 g/mol. The van der Waals surface area contributed by atoms with Crippen molar-refractivity contribution in [2.75, 3.05) is 12.4 Å². The summed E-state index contributed by atoms with van der Waals surface area (Å²) in [5.41, 5.74) is 1.66. The Morgan fingerprint density at radius 3 is 2.63 bits per heavy atom. The second kappa shape index (κ2) is 8.70. The van der Waals surface area contributed by atoms with Crippen LogP contribution in [0.4, 0.5) is 5.69 Å². The van der Waals surface area contributed by atoms with Gasteiger partial charge in [-0.05, 0) is 35.7 Å². The van der Waals surface area contributed by atoms with Crippen molar-refractivity contribution in [1.82, 2.24) is 5.32 Å². The third-order valence-electron chi connectivity index (χ3n) is 3.85. The van der Waals surface area contributed by atoms with Crippen molar-refractivity contribution in [3.63, 3.8) is 0 Å². The lowest BCUT2D eigenvalue weighted by Gasteiger charge is -2.11. The Morgan fingerprint density at radius 1 is 1.07 bits per heavy atom. The minimum absolute atomic E-state index is 0.265. The molecule has 0 bridgehead atoms. The summed E-state index contributed by atoms with van der Waals surface area (Å²) in [7, 11) is 1.59. The predicted octanol–water partition coefficient (Wildman–Crippen LogP) is 4.59. The molecule has 0 aliphatic carbocycles. The molecular weight excluding hydrogens is 384 g/mol. The van der Waals surface area contributed by atoms with E-state index in [1.54, 1.807) is 37.4 Å². The zero-order valence-corrected chi connectivity index (χ0v) is 16.1. The van der Waals surface area contributed by atoms with Crippen LogP contribution in [0.15, 0.2) is 60.0 Å². The highest BCUT2D eigenvalue weighted by Gasteiger charge is 2.13. The van der Waals surface area contributed by atoms with Gasteiger partial charge in [0.1, 0.15) is 5.75 Å². The third-order valence-corrected chi connectivity index (χ3v) is 5.05. The van der Waals surface area contributed by atoms with E-state index in [1.807, 2.05) is 29.6 Å². The lowest BCUT2D eigenvalue weighted by atomic mass is 10.1. The largest absolute Gasteiger partial charge is 0.496 e. The highest BCUT2D eigenvalue weighted by molar-refractivity contribution is 7.12. The van der Waals surface area contributed by atoms with Crippen LogP contribution < -0.4 is 15.4 Å². The lowest BCUT2D eigenvalue weighted by molar-refractivity contribution is 0.0949. The second-order valence-corrected chi connectivity index (χ2v) is 6.98. The summed E-state index contributed by atoms with van der Waals surface area (Å²) in [6.07, 6.45) is 0. The number of carbonyl (C=O) groups excluding carboxylic acids is 2. The summed E-state index contributed by atoms with van der Waals surface area (Å²) >= 11 is 7.49. The van der Waals surface area contributed by atoms with Crippen LogP contribution in [-0.4, -0.2) is 18.9 Å². The molecule has 0 fully saturated rings. The van der Waals surface area contributed by atoms with E-state index in [0.29, 0.717) is 33.4 Å². The molecule has 27 heavy (non-hydrogen) atoms. The number of benzene rings is 2. The number of para-hydroxylation sites is 1. The van der Waals surface area contributed by atoms with Crippen molar-refractivity contribution in [3.8, 4) is 5.75 Å². The third kappa shape index (κ3) is 4.67. The quantitative estimate of drug-likeness (QED) is 0.635. The van der Waals surface area contributed by atoms with Gasteiger partial charge in [0.15, 0.2) is 0 Å². The molecule has 1 heterocycles. The Balaban J connectivity index is 1.71. The fraction of sp³-hybridized carbons (Fsp3) is 0.100. The van der Waals surface area contributed by atoms with E-state index < -0.39 is 0 Å². The number of anilines is 1. The Hall–Kier alpha value is -2.83. The first-order chi connectivity index (χ1) is 13.1. The molecule has 2 amide bonds. The molecule has 0 radical (unpaired) electrons. The molecule has 3 rings (SSSR count). The van der Waals surface area contributed by atoms with Gasteiger partial charge in [-0.25, -0.2) is 0 Å². The van der Waals surface area contributed by atoms with Crippen molar-refractivity contribution in [2.45, 2.75) is 6.54 Å². The number of carbonyl (C=O) groups is 2. The standard InChI is InChI=1S/C20H17ClN2O3S/c1-26-17-6-3-2-5-14(17)12-22-19(24)13-8-9-15(21)16(11-13)23-20(25)18-7-4-10-27-18/h2-11H,12H2,1H3,(H,22,24)(H,23,25). The van der Waals surface area contributed by atoms with Gasteiger partial charge in [-0.1, -0.05) is 35.9 Å². The second-order valence-electron chi connectivity index (χ2n) is 5.62. The fourth-order valence-electron chi connectivity index (χ4n) is 2.48. The van der Waals surface area contributed by atoms with Crippen molar-refractivity contribution in [2.24, 2.45) is 0 Å². The number of thiophene rings is 1. The minimum Gasteiger partial charge on any atom is -0.496 e. The molecule has 3 aromatic rings. The van der Waals surface area contributed by atoms with Gasteiger partial charge in [-0.2, -0.15) is 0 Å². The summed E-state index contributed by atoms with van der Waals surface area (Å²) in [6.45, 7) is 0.322. The molecule has 1 aromatic heterocycles. The molecule has 0 aliphatic heterocycles. The number of amides is 2. The first-order valence-corrected chi connectivity index (χ1v) is 9.38. The van der Waals surface area contributed by atoms with Crippen molar-refractivity contribution < 1.29 is 14.3 Å². The fourth-order valence-corrected chi connectivity index (χ4v) is 3.26. The van der Waals surface area contributed by atoms with E-state index in [2.05, 4.69) is 10.6 Å². The summed E-state index contributed by atoms with van der Waals surface area (Å²) in [5, 5.41) is 7.76. The number of ether oxygens (including phenoxy) is 1. The van der Waals surface area contributed by atoms with E-state index in [9.17, 15) is 9.59 Å². The van der Waals surface area contributed by atoms with Gasteiger partial charge in [0.25, 0.3) is 11.8 Å². The molecule has 0 atom stereocenters. The number of hydrogen-bond acceptors (Lipinski definition) is 4. The summed E-state index contributed by atoms with van der Waals surface area (Å²) < 4.78 is 5.28. The van der Waals surface area contributed by atoms with Crippen LogP contribution in [0.1, 0.15) is 25.6 Å². The van der Waals surface area contributed by atoms with Crippen LogP contribution in [0.5, 0.6) is 5.75 Å². The van der Waals surface area contributed by atoms with E-state index >= 15 is 0 Å². The molecule has 0 aliphatic rings. The van der Waals surface area contributed by atoms with Gasteiger partial charge >= 0.3 is 0 Å². The van der Waals surface area contributed by atoms with Crippen LogP contribution in [-0.2, 0) is 6.54 Å². The van der Waals surface area contributed by atoms with Gasteiger partial charge < -0.3 is 15.4 Å². The number of methoxy groups -OCH3 is 1. The molecule has 138 valence electrons. The van der Waals surface area contributed by atoms with Crippen LogP contribution in [0.25, 0.3) is 0 Å². The Labute approximate surface area is 165 Å². The first kappa shape index (κ1) is 18.9. The maximum Gasteiger partial charge on any atom is 0.265 e. The smallest absolute Gasteiger partial charge is 0.265 e. The van der Waals surface area contributed by atoms with Gasteiger partial charge in [-0.3, -0.25) is 9.59 Å². The molecule has 0 saturated heterocycles. The van der Waals surface area contributed by atoms with Gasteiger partial charge in [-0.15, -0.1) is 11.3 Å². The summed E-state index contributed by atoms with van der Waals surface area (Å²) in [4.78, 5) is 25.3. The number of halogens is 1. The van der Waals surface area contributed by atoms with Crippen LogP contribution >= 0.6 is 22.9 Å². The van der Waals surface area contributed by atoms with Crippen molar-refractivity contribution in [3.05, 3.63) is 81.0 Å². The van der Waals surface area contributed by atoms with E-state index in [4.69, 9.17) is 16.3 Å². The average Bonchev–Trinajstić information content (AvgIpc) is 3.23. The lowest BCUT2D eigenvalue weighted by Crippen LogP contribution is -2.23. The topological polar surface area (TPSA) is 67.4 Å². The molecule has 2 aromatic carbocycles. The van der Waals surface area contributed by atoms with Crippen LogP contribution in [0.2, 0.25) is 5.02 Å². The van der Waals surface area contributed by atoms with E-state index in [1.165, 1.54) is 11.3 Å². The molecule has 2 N–H and O–H groups in total. The Morgan fingerprint density at radius 2 is 1.89 bits per heavy atom. The van der Waals surface area contributed by atoms with Gasteiger partial charge in [0.2, 0.25) is 0 Å². The maximum atomic E-state index is 12.5. The minimum atomic E-state index is -0.274. The molecule has 0 saturated carbocycles. The Bertz CT molecular complexity index is 958. The molecular formula is C20H17ClN2O3S. The molecule has 0 spiro atoms. The van der Waals surface area contributed by atoms with Gasteiger partial charge in [0, 0.05) is 17.7 Å². The normalized spacial score (nSPS) is 10.3. The van der Waals surface area contributed by atoms with Gasteiger partial charge in [0.05, 0.1) is 22.7 Å². The first-order valence-electron chi connectivity index (χ1n) is 8.13. The molecule has 7 heteroatoms. The molecule has 0 unspecified atom stereocenters. The van der Waals surface area contributed by atoms with Crippen molar-refractivity contribution >= 4 is 40.4 Å². The van der Waals surface area contributed by atoms with Crippen LogP contribution in [0, 0.1) is 0 Å². The summed E-state index contributed by atoms with van der Waals surface area (Å²) in [6, 6.07) is 15.7. The van der Waals surface area contributed by atoms with E-state index in [0.717, 1.165) is 5.56 Å². The summed E-state index contributed by atoms with van der Waals surface area (Å²) in [5.74, 6) is 0.167. The SMILES string of the molecule is COc1ccccc1CNC(=O)c1ccc(Cl)c(NC(=O)c2cccs2)c1. The zero-order chi connectivity index (χ0) is 19.2. The maximum absolute atomic E-state index is 12.5. The van der Waals surface area contributed by atoms with E-state index in [-0.39, 0.29) is 11.8 Å². The van der Waals surface area contributed by atoms with Crippen LogP contribution in [0.3, 0.4) is 0 Å². The number of rotatable bonds is 6. The predicted molar refractivity (Wildman–Crippen MR) is 108 cm³/mol. The molecule has 5 nitrogen and oxygen atoms in total. The highest BCUT2D eigenvalue weighted by Crippen LogP contribution is 2.24.